The number of rotatable bonds is 3. The predicted octanol–water partition coefficient (Wildman–Crippen LogP) is 3.20. The van der Waals surface area contributed by atoms with E-state index in [2.05, 4.69) is 25.7 Å². The van der Waals surface area contributed by atoms with Crippen molar-refractivity contribution in [2.45, 2.75) is 37.4 Å². The lowest BCUT2D eigenvalue weighted by atomic mass is 9.90. The lowest BCUT2D eigenvalue weighted by molar-refractivity contribution is -0.117. The van der Waals surface area contributed by atoms with Gasteiger partial charge in [-0.25, -0.2) is 27.5 Å². The fraction of sp³-hybridized carbons (Fsp3) is 0.400. The number of carbonyl (C=O) groups is 1. The summed E-state index contributed by atoms with van der Waals surface area (Å²) in [6.45, 7) is 0.707. The second-order valence-electron chi connectivity index (χ2n) is 7.71. The maximum atomic E-state index is 14.7. The molecule has 7 nitrogen and oxygen atoms in total. The van der Waals surface area contributed by atoms with E-state index in [9.17, 15) is 22.4 Å². The molecule has 0 bridgehead atoms. The van der Waals surface area contributed by atoms with Crippen LogP contribution < -0.4 is 10.6 Å². The van der Waals surface area contributed by atoms with Crippen LogP contribution in [0.25, 0.3) is 22.3 Å². The van der Waals surface area contributed by atoms with Gasteiger partial charge < -0.3 is 10.6 Å². The van der Waals surface area contributed by atoms with Crippen molar-refractivity contribution < 1.29 is 22.4 Å². The minimum Gasteiger partial charge on any atom is -0.314 e. The number of aromatic nitrogens is 4. The third kappa shape index (κ3) is 3.32. The Hall–Kier alpha value is -3.08. The topological polar surface area (TPSA) is 84.7 Å². The van der Waals surface area contributed by atoms with Crippen LogP contribution in [0, 0.1) is 5.82 Å². The third-order valence-corrected chi connectivity index (χ3v) is 5.80. The Bertz CT molecular complexity index is 1170. The Labute approximate surface area is 173 Å². The number of piperidine rings is 1. The first kappa shape index (κ1) is 19.9. The van der Waals surface area contributed by atoms with Gasteiger partial charge in [0.2, 0.25) is 12.3 Å². The summed E-state index contributed by atoms with van der Waals surface area (Å²) < 4.78 is 57.8. The van der Waals surface area contributed by atoms with Crippen molar-refractivity contribution in [2.24, 2.45) is 0 Å². The fourth-order valence-corrected chi connectivity index (χ4v) is 4.36. The molecule has 1 aromatic carbocycles. The van der Waals surface area contributed by atoms with Gasteiger partial charge in [-0.15, -0.1) is 0 Å². The van der Waals surface area contributed by atoms with E-state index in [1.54, 1.807) is 0 Å². The summed E-state index contributed by atoms with van der Waals surface area (Å²) in [7, 11) is 0. The smallest absolute Gasteiger partial charge is 0.246 e. The summed E-state index contributed by atoms with van der Waals surface area (Å²) in [6, 6.07) is 3.32. The highest BCUT2D eigenvalue weighted by atomic mass is 19.3. The number of carbonyl (C=O) groups excluding carboxylic acids is 1. The van der Waals surface area contributed by atoms with Gasteiger partial charge in [0.15, 0.2) is 0 Å². The van der Waals surface area contributed by atoms with Crippen molar-refractivity contribution in [3.63, 3.8) is 0 Å². The molecule has 1 fully saturated rings. The molecule has 2 aliphatic heterocycles. The molecular weight excluding hydrogens is 416 g/mol. The van der Waals surface area contributed by atoms with Crippen LogP contribution in [0.3, 0.4) is 0 Å². The van der Waals surface area contributed by atoms with Crippen LogP contribution in [-0.2, 0) is 4.79 Å². The van der Waals surface area contributed by atoms with E-state index in [4.69, 9.17) is 0 Å². The molecule has 0 saturated carbocycles. The highest BCUT2D eigenvalue weighted by Gasteiger charge is 2.37. The molecule has 2 aliphatic rings. The normalized spacial score (nSPS) is 23.8. The van der Waals surface area contributed by atoms with E-state index in [1.165, 1.54) is 22.9 Å². The zero-order valence-electron chi connectivity index (χ0n) is 16.2. The van der Waals surface area contributed by atoms with Crippen molar-refractivity contribution >= 4 is 22.6 Å². The highest BCUT2D eigenvalue weighted by Crippen LogP contribution is 2.42. The van der Waals surface area contributed by atoms with E-state index in [0.717, 1.165) is 6.33 Å². The maximum Gasteiger partial charge on any atom is 0.246 e. The van der Waals surface area contributed by atoms with Gasteiger partial charge in [-0.1, -0.05) is 0 Å². The largest absolute Gasteiger partial charge is 0.314 e. The number of halogens is 4. The number of hydrogen-bond donors (Lipinski definition) is 2. The van der Waals surface area contributed by atoms with Gasteiger partial charge in [-0.3, -0.25) is 9.48 Å². The number of hydrogen-bond acceptors (Lipinski definition) is 5. The number of amides is 1. The van der Waals surface area contributed by atoms with Crippen molar-refractivity contribution in [2.75, 3.05) is 18.4 Å². The van der Waals surface area contributed by atoms with Crippen molar-refractivity contribution in [3.05, 3.63) is 35.9 Å². The first-order chi connectivity index (χ1) is 14.9. The lowest BCUT2D eigenvalue weighted by Crippen LogP contribution is -2.39. The number of benzene rings is 1. The summed E-state index contributed by atoms with van der Waals surface area (Å²) in [4.78, 5) is 20.0. The number of nitrogens with zero attached hydrogens (tertiary/aromatic N) is 4. The number of anilines is 1. The molecule has 0 radical (unpaired) electrons. The van der Waals surface area contributed by atoms with Crippen LogP contribution in [0.1, 0.15) is 30.4 Å². The molecule has 3 atom stereocenters. The van der Waals surface area contributed by atoms with Crippen molar-refractivity contribution in [1.29, 1.82) is 0 Å². The van der Waals surface area contributed by atoms with Gasteiger partial charge in [0.25, 0.3) is 0 Å². The Morgan fingerprint density at radius 2 is 2.03 bits per heavy atom. The average molecular weight is 434 g/mol. The molecule has 0 unspecified atom stereocenters. The molecular formula is C20H18F4N6O. The van der Waals surface area contributed by atoms with Crippen molar-refractivity contribution in [3.8, 4) is 11.4 Å². The van der Waals surface area contributed by atoms with E-state index in [-0.39, 0.29) is 29.3 Å². The van der Waals surface area contributed by atoms with Gasteiger partial charge in [0, 0.05) is 23.9 Å². The Morgan fingerprint density at radius 3 is 2.81 bits per heavy atom. The summed E-state index contributed by atoms with van der Waals surface area (Å²) in [5, 5.41) is 10.5. The summed E-state index contributed by atoms with van der Waals surface area (Å²) in [5.41, 5.74) is 0.775. The molecule has 31 heavy (non-hydrogen) atoms. The minimum atomic E-state index is -2.82. The van der Waals surface area contributed by atoms with Crippen LogP contribution >= 0.6 is 0 Å². The minimum absolute atomic E-state index is 0.00148. The standard InChI is InChI=1S/C20H18F4N6O/c21-9-1-2-10-14(5-9)30(13-3-4-25-7-12(13)22)29-17(10)18-16-11(19(23)24)6-15(31)28-20(16)27-8-26-18/h1-2,5,8,11-13,19,25H,3-4,6-7H2,(H,26,27,28,31)/t11-,12-,13+/m1/s1. The summed E-state index contributed by atoms with van der Waals surface area (Å²) in [5.74, 6) is -2.49. The number of nitrogens with one attached hydrogen (secondary N) is 2. The Balaban J connectivity index is 1.74. The maximum absolute atomic E-state index is 14.7. The molecule has 5 rings (SSSR count). The highest BCUT2D eigenvalue weighted by molar-refractivity contribution is 5.98. The quantitative estimate of drug-likeness (QED) is 0.619. The SMILES string of the molecule is O=C1C[C@@H](C(F)F)c2c(ncnc2-c2nn([C@H]3CCNC[C@H]3F)c3cc(F)ccc23)N1. The number of fused-ring (bicyclic) bond motifs is 2. The van der Waals surface area contributed by atoms with E-state index >= 15 is 0 Å². The monoisotopic (exact) mass is 434 g/mol. The molecule has 2 N–H and O–H groups in total. The van der Waals surface area contributed by atoms with Gasteiger partial charge in [-0.05, 0) is 31.2 Å². The van der Waals surface area contributed by atoms with Gasteiger partial charge in [-0.2, -0.15) is 5.10 Å². The fourth-order valence-electron chi connectivity index (χ4n) is 4.36. The van der Waals surface area contributed by atoms with Gasteiger partial charge >= 0.3 is 0 Å². The van der Waals surface area contributed by atoms with E-state index in [0.29, 0.717) is 23.9 Å². The lowest BCUT2D eigenvalue weighted by Gasteiger charge is -2.27. The third-order valence-electron chi connectivity index (χ3n) is 5.80. The number of alkyl halides is 3. The molecule has 4 heterocycles. The van der Waals surface area contributed by atoms with Crippen LogP contribution in [0.2, 0.25) is 0 Å². The van der Waals surface area contributed by atoms with Gasteiger partial charge in [0.05, 0.1) is 17.5 Å². The Morgan fingerprint density at radius 1 is 1.19 bits per heavy atom. The van der Waals surface area contributed by atoms with Crippen LogP contribution in [0.4, 0.5) is 23.4 Å². The zero-order chi connectivity index (χ0) is 21.7. The first-order valence-electron chi connectivity index (χ1n) is 9.90. The molecule has 3 aromatic rings. The van der Waals surface area contributed by atoms with E-state index < -0.39 is 42.7 Å². The van der Waals surface area contributed by atoms with Crippen LogP contribution in [0.15, 0.2) is 24.5 Å². The van der Waals surface area contributed by atoms with Gasteiger partial charge in [0.1, 0.15) is 35.5 Å². The van der Waals surface area contributed by atoms with Crippen molar-refractivity contribution in [1.82, 2.24) is 25.1 Å². The predicted molar refractivity (Wildman–Crippen MR) is 104 cm³/mol. The van der Waals surface area contributed by atoms with Crippen LogP contribution in [-0.4, -0.2) is 51.3 Å². The Kier molecular flexibility index (Phi) is 4.84. The van der Waals surface area contributed by atoms with E-state index in [1.807, 2.05) is 0 Å². The molecule has 11 heteroatoms. The summed E-state index contributed by atoms with van der Waals surface area (Å²) >= 11 is 0. The second-order valence-corrected chi connectivity index (χ2v) is 7.71. The molecule has 2 aromatic heterocycles. The van der Waals surface area contributed by atoms with Crippen LogP contribution in [0.5, 0.6) is 0 Å². The zero-order valence-corrected chi connectivity index (χ0v) is 16.2. The molecule has 162 valence electrons. The average Bonchev–Trinajstić information content (AvgIpc) is 3.11. The molecule has 1 saturated heterocycles. The second kappa shape index (κ2) is 7.56. The molecule has 0 spiro atoms. The molecule has 0 aliphatic carbocycles. The first-order valence-corrected chi connectivity index (χ1v) is 9.90. The summed E-state index contributed by atoms with van der Waals surface area (Å²) in [6.07, 6.45) is -2.90. The molecule has 1 amide bonds.